The van der Waals surface area contributed by atoms with E-state index in [4.69, 9.17) is 0 Å². The molecule has 2 atom stereocenters. The quantitative estimate of drug-likeness (QED) is 0.501. The third-order valence-corrected chi connectivity index (χ3v) is 2.33. The number of likely N-dealkylation sites (N-methyl/N-ethyl adjacent to an activating group) is 1. The smallest absolute Gasteiger partial charge is 0.244 e. The predicted molar refractivity (Wildman–Crippen MR) is 44.8 cm³/mol. The lowest BCUT2D eigenvalue weighted by molar-refractivity contribution is -0.130. The molecule has 0 saturated heterocycles. The molecule has 0 bridgehead atoms. The number of rotatable bonds is 0. The fraction of sp³-hybridized carbons (Fsp3) is 0.750. The summed E-state index contributed by atoms with van der Waals surface area (Å²) in [5.74, 6) is 0.476. The van der Waals surface area contributed by atoms with Crippen LogP contribution in [0.25, 0.3) is 0 Å². The molecule has 3 heteroatoms. The van der Waals surface area contributed by atoms with Gasteiger partial charge >= 0.3 is 0 Å². The van der Waals surface area contributed by atoms with Crippen LogP contribution in [0.1, 0.15) is 13.8 Å². The van der Waals surface area contributed by atoms with Gasteiger partial charge in [-0.2, -0.15) is 0 Å². The molecular formula is C8H14N2O. The second-order valence-corrected chi connectivity index (χ2v) is 3.09. The van der Waals surface area contributed by atoms with Gasteiger partial charge in [-0.25, -0.2) is 0 Å². The van der Waals surface area contributed by atoms with Crippen LogP contribution in [0.4, 0.5) is 0 Å². The Kier molecular flexibility index (Phi) is 2.27. The Morgan fingerprint density at radius 1 is 1.64 bits per heavy atom. The van der Waals surface area contributed by atoms with E-state index in [-0.39, 0.29) is 11.9 Å². The average Bonchev–Trinajstić information content (AvgIpc) is 2.07. The molecule has 1 rings (SSSR count). The van der Waals surface area contributed by atoms with Crippen molar-refractivity contribution in [1.29, 1.82) is 0 Å². The molecule has 0 spiro atoms. The zero-order chi connectivity index (χ0) is 8.43. The minimum Gasteiger partial charge on any atom is -0.341 e. The SMILES string of the molecule is CC1C=NCC(=O)N(C)C1C. The Hall–Kier alpha value is -0.860. The zero-order valence-corrected chi connectivity index (χ0v) is 7.24. The summed E-state index contributed by atoms with van der Waals surface area (Å²) in [4.78, 5) is 17.0. The van der Waals surface area contributed by atoms with Gasteiger partial charge in [0.05, 0.1) is 0 Å². The first-order chi connectivity index (χ1) is 5.13. The molecule has 0 fully saturated rings. The van der Waals surface area contributed by atoms with E-state index in [0.717, 1.165) is 0 Å². The minimum absolute atomic E-state index is 0.109. The van der Waals surface area contributed by atoms with Gasteiger partial charge in [-0.3, -0.25) is 9.79 Å². The maximum absolute atomic E-state index is 11.2. The van der Waals surface area contributed by atoms with Crippen LogP contribution in [0.5, 0.6) is 0 Å². The molecule has 0 aromatic rings. The van der Waals surface area contributed by atoms with Crippen molar-refractivity contribution in [2.75, 3.05) is 13.6 Å². The minimum atomic E-state index is 0.109. The molecule has 1 amide bonds. The lowest BCUT2D eigenvalue weighted by atomic mass is 10.1. The lowest BCUT2D eigenvalue weighted by Crippen LogP contribution is -2.38. The van der Waals surface area contributed by atoms with Gasteiger partial charge in [-0.1, -0.05) is 6.92 Å². The van der Waals surface area contributed by atoms with E-state index in [0.29, 0.717) is 12.5 Å². The number of hydrogen-bond acceptors (Lipinski definition) is 2. The molecule has 11 heavy (non-hydrogen) atoms. The van der Waals surface area contributed by atoms with Crippen LogP contribution in [-0.2, 0) is 4.79 Å². The van der Waals surface area contributed by atoms with E-state index in [1.807, 2.05) is 20.2 Å². The summed E-state index contributed by atoms with van der Waals surface area (Å²) in [5.41, 5.74) is 0. The molecule has 0 N–H and O–H groups in total. The van der Waals surface area contributed by atoms with Crippen molar-refractivity contribution in [3.63, 3.8) is 0 Å². The molecule has 0 aliphatic carbocycles. The van der Waals surface area contributed by atoms with E-state index in [9.17, 15) is 4.79 Å². The normalized spacial score (nSPS) is 32.3. The largest absolute Gasteiger partial charge is 0.341 e. The van der Waals surface area contributed by atoms with Crippen LogP contribution in [0, 0.1) is 5.92 Å². The lowest BCUT2D eigenvalue weighted by Gasteiger charge is -2.25. The van der Waals surface area contributed by atoms with Gasteiger partial charge < -0.3 is 4.90 Å². The van der Waals surface area contributed by atoms with Crippen LogP contribution < -0.4 is 0 Å². The van der Waals surface area contributed by atoms with Crippen molar-refractivity contribution in [2.45, 2.75) is 19.9 Å². The summed E-state index contributed by atoms with van der Waals surface area (Å²) in [6, 6.07) is 0.272. The molecule has 0 aromatic carbocycles. The summed E-state index contributed by atoms with van der Waals surface area (Å²) in [7, 11) is 1.83. The van der Waals surface area contributed by atoms with Gasteiger partial charge in [0.1, 0.15) is 6.54 Å². The monoisotopic (exact) mass is 154 g/mol. The van der Waals surface area contributed by atoms with E-state index < -0.39 is 0 Å². The van der Waals surface area contributed by atoms with Crippen LogP contribution in [0.2, 0.25) is 0 Å². The highest BCUT2D eigenvalue weighted by atomic mass is 16.2. The zero-order valence-electron chi connectivity index (χ0n) is 7.24. The van der Waals surface area contributed by atoms with Crippen molar-refractivity contribution in [3.05, 3.63) is 0 Å². The van der Waals surface area contributed by atoms with Crippen LogP contribution in [-0.4, -0.2) is 36.7 Å². The Labute approximate surface area is 67.1 Å². The molecule has 1 aliphatic heterocycles. The Morgan fingerprint density at radius 3 is 2.91 bits per heavy atom. The highest BCUT2D eigenvalue weighted by molar-refractivity contribution is 5.82. The molecule has 62 valence electrons. The third-order valence-electron chi connectivity index (χ3n) is 2.33. The average molecular weight is 154 g/mol. The first-order valence-corrected chi connectivity index (χ1v) is 3.88. The van der Waals surface area contributed by atoms with Crippen molar-refractivity contribution < 1.29 is 4.79 Å². The number of hydrogen-bond donors (Lipinski definition) is 0. The van der Waals surface area contributed by atoms with Gasteiger partial charge in [0, 0.05) is 25.2 Å². The van der Waals surface area contributed by atoms with Gasteiger partial charge in [-0.15, -0.1) is 0 Å². The number of nitrogens with zero attached hydrogens (tertiary/aromatic N) is 2. The van der Waals surface area contributed by atoms with E-state index >= 15 is 0 Å². The van der Waals surface area contributed by atoms with Gasteiger partial charge in [0.25, 0.3) is 0 Å². The van der Waals surface area contributed by atoms with E-state index in [1.165, 1.54) is 0 Å². The molecule has 0 radical (unpaired) electrons. The highest BCUT2D eigenvalue weighted by Gasteiger charge is 2.21. The Morgan fingerprint density at radius 2 is 2.27 bits per heavy atom. The van der Waals surface area contributed by atoms with Crippen molar-refractivity contribution in [2.24, 2.45) is 10.9 Å². The summed E-state index contributed by atoms with van der Waals surface area (Å²) in [6.45, 7) is 4.42. The first-order valence-electron chi connectivity index (χ1n) is 3.88. The van der Waals surface area contributed by atoms with Crippen LogP contribution >= 0.6 is 0 Å². The second kappa shape index (κ2) is 3.03. The molecule has 0 aromatic heterocycles. The fourth-order valence-electron chi connectivity index (χ4n) is 1.11. The Balaban J connectivity index is 2.76. The maximum atomic E-state index is 11.2. The Bertz CT molecular complexity index is 189. The predicted octanol–water partition coefficient (Wildman–Crippen LogP) is 0.554. The molecule has 1 heterocycles. The third kappa shape index (κ3) is 1.59. The first kappa shape index (κ1) is 8.24. The standard InChI is InChI=1S/C8H14N2O/c1-6-4-9-5-8(11)10(3)7(6)2/h4,6-7H,5H2,1-3H3. The number of carbonyl (C=O) groups is 1. The topological polar surface area (TPSA) is 32.7 Å². The van der Waals surface area contributed by atoms with Gasteiger partial charge in [0.2, 0.25) is 5.91 Å². The molecule has 0 saturated carbocycles. The molecule has 1 aliphatic rings. The van der Waals surface area contributed by atoms with E-state index in [1.54, 1.807) is 4.90 Å². The summed E-state index contributed by atoms with van der Waals surface area (Å²) in [6.07, 6.45) is 1.87. The molecule has 3 nitrogen and oxygen atoms in total. The van der Waals surface area contributed by atoms with Crippen LogP contribution in [0.15, 0.2) is 4.99 Å². The van der Waals surface area contributed by atoms with Crippen molar-refractivity contribution in [1.82, 2.24) is 4.90 Å². The highest BCUT2D eigenvalue weighted by Crippen LogP contribution is 2.10. The van der Waals surface area contributed by atoms with Crippen molar-refractivity contribution in [3.8, 4) is 0 Å². The summed E-state index contributed by atoms with van der Waals surface area (Å²) >= 11 is 0. The fourth-order valence-corrected chi connectivity index (χ4v) is 1.11. The molecular weight excluding hydrogens is 140 g/mol. The van der Waals surface area contributed by atoms with Crippen molar-refractivity contribution >= 4 is 12.1 Å². The summed E-state index contributed by atoms with van der Waals surface area (Å²) < 4.78 is 0. The number of amides is 1. The van der Waals surface area contributed by atoms with E-state index in [2.05, 4.69) is 11.9 Å². The van der Waals surface area contributed by atoms with Gasteiger partial charge in [0.15, 0.2) is 0 Å². The number of carbonyl (C=O) groups excluding carboxylic acids is 1. The molecule has 2 unspecified atom stereocenters. The van der Waals surface area contributed by atoms with Crippen LogP contribution in [0.3, 0.4) is 0 Å². The van der Waals surface area contributed by atoms with Gasteiger partial charge in [-0.05, 0) is 6.92 Å². The summed E-state index contributed by atoms with van der Waals surface area (Å²) in [5, 5.41) is 0. The number of aliphatic imine (C=N–C) groups is 1. The second-order valence-electron chi connectivity index (χ2n) is 3.09. The maximum Gasteiger partial charge on any atom is 0.244 e.